The molecule has 2 aromatic carbocycles. The fourth-order valence-electron chi connectivity index (χ4n) is 3.96. The third-order valence-corrected chi connectivity index (χ3v) is 5.76. The third kappa shape index (κ3) is 3.91. The average Bonchev–Trinajstić information content (AvgIpc) is 3.09. The van der Waals surface area contributed by atoms with Crippen molar-refractivity contribution in [1.29, 1.82) is 0 Å². The van der Waals surface area contributed by atoms with E-state index in [9.17, 15) is 14.7 Å². The Morgan fingerprint density at radius 1 is 1.09 bits per heavy atom. The topological polar surface area (TPSA) is 89.0 Å². The van der Waals surface area contributed by atoms with Gasteiger partial charge in [0, 0.05) is 29.2 Å². The number of anilines is 1. The number of pyridine rings is 1. The van der Waals surface area contributed by atoms with Gasteiger partial charge in [0.2, 0.25) is 0 Å². The predicted octanol–water partition coefficient (Wildman–Crippen LogP) is 4.69. The zero-order chi connectivity index (χ0) is 23.7. The summed E-state index contributed by atoms with van der Waals surface area (Å²) in [6.07, 6.45) is 3.16. The number of ketones is 1. The molecule has 168 valence electrons. The van der Waals surface area contributed by atoms with Gasteiger partial charge in [-0.25, -0.2) is 0 Å². The molecule has 8 heteroatoms. The van der Waals surface area contributed by atoms with Crippen LogP contribution in [0.4, 0.5) is 5.69 Å². The summed E-state index contributed by atoms with van der Waals surface area (Å²) in [7, 11) is 2.95. The minimum atomic E-state index is -0.898. The van der Waals surface area contributed by atoms with Crippen LogP contribution in [0.25, 0.3) is 5.76 Å². The number of aliphatic hydroxyl groups excluding tert-OH is 1. The van der Waals surface area contributed by atoms with Crippen molar-refractivity contribution in [2.24, 2.45) is 0 Å². The van der Waals surface area contributed by atoms with Gasteiger partial charge in [0.15, 0.2) is 0 Å². The summed E-state index contributed by atoms with van der Waals surface area (Å²) in [6, 6.07) is 12.4. The molecule has 2 heterocycles. The van der Waals surface area contributed by atoms with Gasteiger partial charge in [-0.1, -0.05) is 17.7 Å². The van der Waals surface area contributed by atoms with Crippen molar-refractivity contribution in [3.63, 3.8) is 0 Å². The molecule has 33 heavy (non-hydrogen) atoms. The molecule has 0 radical (unpaired) electrons. The van der Waals surface area contributed by atoms with Crippen molar-refractivity contribution in [3.8, 4) is 11.5 Å². The Balaban J connectivity index is 1.97. The molecule has 0 saturated carbocycles. The molecule has 1 atom stereocenters. The average molecular weight is 465 g/mol. The summed E-state index contributed by atoms with van der Waals surface area (Å²) >= 11 is 6.11. The molecule has 7 nitrogen and oxygen atoms in total. The van der Waals surface area contributed by atoms with Gasteiger partial charge < -0.3 is 14.6 Å². The molecule has 1 amide bonds. The number of methoxy groups -OCH3 is 2. The van der Waals surface area contributed by atoms with E-state index in [1.165, 1.54) is 19.1 Å². The second-order valence-corrected chi connectivity index (χ2v) is 7.89. The van der Waals surface area contributed by atoms with Crippen LogP contribution in [0, 0.1) is 6.92 Å². The van der Waals surface area contributed by atoms with Crippen molar-refractivity contribution in [3.05, 3.63) is 88.2 Å². The fourth-order valence-corrected chi connectivity index (χ4v) is 4.19. The first kappa shape index (κ1) is 22.4. The first-order chi connectivity index (χ1) is 15.9. The Kier molecular flexibility index (Phi) is 6.07. The van der Waals surface area contributed by atoms with Gasteiger partial charge >= 0.3 is 0 Å². The van der Waals surface area contributed by atoms with E-state index in [0.29, 0.717) is 33.3 Å². The van der Waals surface area contributed by atoms with Gasteiger partial charge in [0.1, 0.15) is 17.3 Å². The lowest BCUT2D eigenvalue weighted by Crippen LogP contribution is -2.30. The molecule has 0 aliphatic carbocycles. The maximum atomic E-state index is 13.3. The molecular formula is C25H21ClN2O5. The number of benzene rings is 2. The highest BCUT2D eigenvalue weighted by molar-refractivity contribution is 6.52. The van der Waals surface area contributed by atoms with E-state index in [2.05, 4.69) is 4.98 Å². The van der Waals surface area contributed by atoms with E-state index in [4.69, 9.17) is 21.1 Å². The quantitative estimate of drug-likeness (QED) is 0.335. The summed E-state index contributed by atoms with van der Waals surface area (Å²) in [5, 5.41) is 11.8. The molecular weight excluding hydrogens is 444 g/mol. The highest BCUT2D eigenvalue weighted by Crippen LogP contribution is 2.44. The molecule has 4 rings (SSSR count). The van der Waals surface area contributed by atoms with E-state index in [0.717, 1.165) is 0 Å². The molecule has 1 N–H and O–H groups in total. The van der Waals surface area contributed by atoms with Gasteiger partial charge in [-0.3, -0.25) is 19.5 Å². The first-order valence-corrected chi connectivity index (χ1v) is 10.4. The lowest BCUT2D eigenvalue weighted by Gasteiger charge is -2.26. The van der Waals surface area contributed by atoms with Crippen LogP contribution in [0.3, 0.4) is 0 Å². The van der Waals surface area contributed by atoms with Crippen molar-refractivity contribution < 1.29 is 24.2 Å². The normalized spacial score (nSPS) is 17.3. The number of aliphatic hydroxyl groups is 1. The lowest BCUT2D eigenvalue weighted by molar-refractivity contribution is -0.132. The van der Waals surface area contributed by atoms with Gasteiger partial charge in [0.05, 0.1) is 31.4 Å². The van der Waals surface area contributed by atoms with Crippen molar-refractivity contribution in [2.45, 2.75) is 13.0 Å². The molecule has 1 aliphatic rings. The number of carbonyl (C=O) groups is 2. The number of carbonyl (C=O) groups excluding carboxylic acids is 2. The summed E-state index contributed by atoms with van der Waals surface area (Å²) in [5.41, 5.74) is 1.99. The molecule has 1 fully saturated rings. The Morgan fingerprint density at radius 3 is 2.52 bits per heavy atom. The number of nitrogens with zero attached hydrogens (tertiary/aromatic N) is 2. The number of aryl methyl sites for hydroxylation is 1. The van der Waals surface area contributed by atoms with E-state index in [-0.39, 0.29) is 16.9 Å². The van der Waals surface area contributed by atoms with Crippen LogP contribution >= 0.6 is 11.6 Å². The van der Waals surface area contributed by atoms with Crippen LogP contribution in [-0.2, 0) is 9.59 Å². The van der Waals surface area contributed by atoms with Crippen LogP contribution in [0.5, 0.6) is 11.5 Å². The summed E-state index contributed by atoms with van der Waals surface area (Å²) in [6.45, 7) is 1.80. The SMILES string of the molecule is COc1ccc(/C(O)=C2/C(=O)C(=O)N(c3ccc(Cl)cc3C)C2c2cccnc2)c(OC)c1. The zero-order valence-electron chi connectivity index (χ0n) is 18.2. The number of Topliss-reactive ketones (excluding diaryl/α,β-unsaturated/α-hetero) is 1. The van der Waals surface area contributed by atoms with Crippen molar-refractivity contribution in [2.75, 3.05) is 19.1 Å². The minimum Gasteiger partial charge on any atom is -0.507 e. The molecule has 1 aromatic heterocycles. The van der Waals surface area contributed by atoms with E-state index in [1.807, 2.05) is 0 Å². The second kappa shape index (κ2) is 8.96. The predicted molar refractivity (Wildman–Crippen MR) is 125 cm³/mol. The number of hydrogen-bond donors (Lipinski definition) is 1. The van der Waals surface area contributed by atoms with Crippen LogP contribution in [0.15, 0.2) is 66.5 Å². The standard InChI is InChI=1S/C25H21ClN2O5/c1-14-11-16(26)6-9-19(14)28-22(15-5-4-10-27-13-15)21(24(30)25(28)31)23(29)18-8-7-17(32-2)12-20(18)33-3/h4-13,22,29H,1-3H3/b23-21-. The van der Waals surface area contributed by atoms with Gasteiger partial charge in [-0.15, -0.1) is 0 Å². The highest BCUT2D eigenvalue weighted by Gasteiger charge is 2.47. The maximum absolute atomic E-state index is 13.3. The summed E-state index contributed by atoms with van der Waals surface area (Å²) in [4.78, 5) is 32.0. The number of rotatable bonds is 5. The number of hydrogen-bond acceptors (Lipinski definition) is 6. The Morgan fingerprint density at radius 2 is 1.88 bits per heavy atom. The van der Waals surface area contributed by atoms with E-state index >= 15 is 0 Å². The van der Waals surface area contributed by atoms with Crippen molar-refractivity contribution in [1.82, 2.24) is 4.98 Å². The van der Waals surface area contributed by atoms with Crippen LogP contribution < -0.4 is 14.4 Å². The monoisotopic (exact) mass is 464 g/mol. The number of amides is 1. The zero-order valence-corrected chi connectivity index (χ0v) is 19.0. The Bertz CT molecular complexity index is 1270. The Hall–Kier alpha value is -3.84. The van der Waals surface area contributed by atoms with E-state index < -0.39 is 17.7 Å². The van der Waals surface area contributed by atoms with Crippen molar-refractivity contribution >= 4 is 34.7 Å². The van der Waals surface area contributed by atoms with Crippen LogP contribution in [0.2, 0.25) is 5.02 Å². The smallest absolute Gasteiger partial charge is 0.300 e. The minimum absolute atomic E-state index is 0.0641. The molecule has 0 spiro atoms. The molecule has 1 saturated heterocycles. The lowest BCUT2D eigenvalue weighted by atomic mass is 9.95. The Labute approximate surface area is 195 Å². The molecule has 1 aliphatic heterocycles. The van der Waals surface area contributed by atoms with Gasteiger partial charge in [-0.2, -0.15) is 0 Å². The molecule has 3 aromatic rings. The maximum Gasteiger partial charge on any atom is 0.300 e. The van der Waals surface area contributed by atoms with Gasteiger partial charge in [0.25, 0.3) is 11.7 Å². The summed E-state index contributed by atoms with van der Waals surface area (Å²) in [5.74, 6) is -1.11. The number of aromatic nitrogens is 1. The van der Waals surface area contributed by atoms with Crippen LogP contribution in [0.1, 0.15) is 22.7 Å². The number of ether oxygens (including phenoxy) is 2. The van der Waals surface area contributed by atoms with Crippen LogP contribution in [-0.4, -0.2) is 36.0 Å². The molecule has 1 unspecified atom stereocenters. The second-order valence-electron chi connectivity index (χ2n) is 7.45. The highest BCUT2D eigenvalue weighted by atomic mass is 35.5. The molecule has 0 bridgehead atoms. The van der Waals surface area contributed by atoms with E-state index in [1.54, 1.807) is 67.8 Å². The third-order valence-electron chi connectivity index (χ3n) is 5.53. The first-order valence-electron chi connectivity index (χ1n) is 10.1. The largest absolute Gasteiger partial charge is 0.507 e. The summed E-state index contributed by atoms with van der Waals surface area (Å²) < 4.78 is 10.6. The van der Waals surface area contributed by atoms with Gasteiger partial charge in [-0.05, 0) is 54.4 Å². The fraction of sp³-hybridized carbons (Fsp3) is 0.160. The number of halogens is 1.